The van der Waals surface area contributed by atoms with E-state index >= 15 is 0 Å². The van der Waals surface area contributed by atoms with Crippen LogP contribution in [0.3, 0.4) is 0 Å². The third kappa shape index (κ3) is 4.52. The minimum Gasteiger partial charge on any atom is -0.376 e. The SMILES string of the molecule is CCCC(N)C(CC)OCC1CCCC1. The van der Waals surface area contributed by atoms with E-state index in [1.54, 1.807) is 0 Å². The third-order valence-electron chi connectivity index (χ3n) is 3.52. The molecule has 1 saturated carbocycles. The fourth-order valence-corrected chi connectivity index (χ4v) is 2.50. The summed E-state index contributed by atoms with van der Waals surface area (Å²) in [5, 5.41) is 0. The number of hydrogen-bond donors (Lipinski definition) is 1. The summed E-state index contributed by atoms with van der Waals surface area (Å²) in [7, 11) is 0. The zero-order valence-corrected chi connectivity index (χ0v) is 10.4. The van der Waals surface area contributed by atoms with E-state index in [1.807, 2.05) is 0 Å². The van der Waals surface area contributed by atoms with Gasteiger partial charge in [-0.1, -0.05) is 33.1 Å². The average Bonchev–Trinajstić information content (AvgIpc) is 2.72. The standard InChI is InChI=1S/C13H27NO/c1-3-7-12(14)13(4-2)15-10-11-8-5-6-9-11/h11-13H,3-10,14H2,1-2H3. The van der Waals surface area contributed by atoms with Crippen molar-refractivity contribution in [2.24, 2.45) is 11.7 Å². The summed E-state index contributed by atoms with van der Waals surface area (Å²) in [6.07, 6.45) is 9.09. The first kappa shape index (κ1) is 13.0. The third-order valence-corrected chi connectivity index (χ3v) is 3.52. The molecule has 0 aliphatic heterocycles. The predicted molar refractivity (Wildman–Crippen MR) is 64.9 cm³/mol. The fraction of sp³-hybridized carbons (Fsp3) is 1.00. The maximum atomic E-state index is 6.10. The van der Waals surface area contributed by atoms with Crippen molar-refractivity contribution in [2.45, 2.75) is 70.9 Å². The molecular formula is C13H27NO. The first-order valence-electron chi connectivity index (χ1n) is 6.65. The van der Waals surface area contributed by atoms with Crippen LogP contribution in [0.2, 0.25) is 0 Å². The van der Waals surface area contributed by atoms with E-state index in [0.29, 0.717) is 0 Å². The highest BCUT2D eigenvalue weighted by atomic mass is 16.5. The molecule has 0 radical (unpaired) electrons. The first-order chi connectivity index (χ1) is 7.27. The Hall–Kier alpha value is -0.0800. The van der Waals surface area contributed by atoms with Gasteiger partial charge in [-0.3, -0.25) is 0 Å². The highest BCUT2D eigenvalue weighted by Gasteiger charge is 2.20. The van der Waals surface area contributed by atoms with Crippen molar-refractivity contribution in [3.63, 3.8) is 0 Å². The van der Waals surface area contributed by atoms with Crippen molar-refractivity contribution in [3.8, 4) is 0 Å². The second-order valence-electron chi connectivity index (χ2n) is 4.88. The van der Waals surface area contributed by atoms with Crippen LogP contribution in [0.1, 0.15) is 58.8 Å². The largest absolute Gasteiger partial charge is 0.376 e. The zero-order chi connectivity index (χ0) is 11.1. The quantitative estimate of drug-likeness (QED) is 0.705. The summed E-state index contributed by atoms with van der Waals surface area (Å²) in [5.41, 5.74) is 6.10. The van der Waals surface area contributed by atoms with Crippen LogP contribution in [-0.2, 0) is 4.74 Å². The molecule has 1 rings (SSSR count). The van der Waals surface area contributed by atoms with Crippen LogP contribution < -0.4 is 5.73 Å². The fourth-order valence-electron chi connectivity index (χ4n) is 2.50. The molecule has 0 heterocycles. The molecule has 2 N–H and O–H groups in total. The van der Waals surface area contributed by atoms with Crippen molar-refractivity contribution >= 4 is 0 Å². The molecule has 0 saturated heterocycles. The Morgan fingerprint density at radius 3 is 2.47 bits per heavy atom. The number of ether oxygens (including phenoxy) is 1. The molecule has 0 bridgehead atoms. The molecule has 0 spiro atoms. The Morgan fingerprint density at radius 2 is 1.93 bits per heavy atom. The molecule has 2 atom stereocenters. The van der Waals surface area contributed by atoms with Crippen LogP contribution in [-0.4, -0.2) is 18.8 Å². The van der Waals surface area contributed by atoms with Crippen molar-refractivity contribution < 1.29 is 4.74 Å². The van der Waals surface area contributed by atoms with E-state index in [1.165, 1.54) is 25.7 Å². The van der Waals surface area contributed by atoms with Crippen molar-refractivity contribution in [3.05, 3.63) is 0 Å². The Kier molecular flexibility index (Phi) is 6.26. The van der Waals surface area contributed by atoms with Crippen LogP contribution in [0.15, 0.2) is 0 Å². The Labute approximate surface area is 94.6 Å². The lowest BCUT2D eigenvalue weighted by Gasteiger charge is -2.24. The summed E-state index contributed by atoms with van der Waals surface area (Å²) >= 11 is 0. The highest BCUT2D eigenvalue weighted by Crippen LogP contribution is 2.25. The maximum Gasteiger partial charge on any atom is 0.0723 e. The molecule has 0 amide bonds. The van der Waals surface area contributed by atoms with E-state index in [2.05, 4.69) is 13.8 Å². The Balaban J connectivity index is 2.19. The topological polar surface area (TPSA) is 35.2 Å². The van der Waals surface area contributed by atoms with Gasteiger partial charge in [0.2, 0.25) is 0 Å². The summed E-state index contributed by atoms with van der Waals surface area (Å²) in [6, 6.07) is 0.237. The van der Waals surface area contributed by atoms with E-state index in [-0.39, 0.29) is 12.1 Å². The van der Waals surface area contributed by atoms with Crippen molar-refractivity contribution in [2.75, 3.05) is 6.61 Å². The van der Waals surface area contributed by atoms with Gasteiger partial charge < -0.3 is 10.5 Å². The second kappa shape index (κ2) is 7.24. The van der Waals surface area contributed by atoms with Crippen LogP contribution in [0.25, 0.3) is 0 Å². The lowest BCUT2D eigenvalue weighted by Crippen LogP contribution is -2.37. The molecule has 90 valence electrons. The van der Waals surface area contributed by atoms with E-state index in [9.17, 15) is 0 Å². The van der Waals surface area contributed by atoms with Crippen LogP contribution in [0, 0.1) is 5.92 Å². The molecule has 2 unspecified atom stereocenters. The monoisotopic (exact) mass is 213 g/mol. The number of hydrogen-bond acceptors (Lipinski definition) is 2. The predicted octanol–water partition coefficient (Wildman–Crippen LogP) is 3.10. The smallest absolute Gasteiger partial charge is 0.0723 e. The Morgan fingerprint density at radius 1 is 1.27 bits per heavy atom. The molecular weight excluding hydrogens is 186 g/mol. The van der Waals surface area contributed by atoms with Crippen LogP contribution in [0.4, 0.5) is 0 Å². The van der Waals surface area contributed by atoms with Gasteiger partial charge >= 0.3 is 0 Å². The summed E-state index contributed by atoms with van der Waals surface area (Å²) in [6.45, 7) is 5.30. The molecule has 1 aliphatic rings. The second-order valence-corrected chi connectivity index (χ2v) is 4.88. The first-order valence-corrected chi connectivity index (χ1v) is 6.65. The minimum atomic E-state index is 0.237. The van der Waals surface area contributed by atoms with Gasteiger partial charge in [0, 0.05) is 12.6 Å². The van der Waals surface area contributed by atoms with Crippen molar-refractivity contribution in [1.82, 2.24) is 0 Å². The van der Waals surface area contributed by atoms with Gasteiger partial charge in [0.15, 0.2) is 0 Å². The van der Waals surface area contributed by atoms with E-state index in [0.717, 1.165) is 31.8 Å². The normalized spacial score (nSPS) is 21.8. The maximum absolute atomic E-state index is 6.10. The summed E-state index contributed by atoms with van der Waals surface area (Å²) in [5.74, 6) is 0.813. The van der Waals surface area contributed by atoms with E-state index < -0.39 is 0 Å². The molecule has 1 aliphatic carbocycles. The minimum absolute atomic E-state index is 0.237. The van der Waals surface area contributed by atoms with Gasteiger partial charge in [-0.15, -0.1) is 0 Å². The lowest BCUT2D eigenvalue weighted by molar-refractivity contribution is 0.0111. The molecule has 1 fully saturated rings. The summed E-state index contributed by atoms with van der Waals surface area (Å²) in [4.78, 5) is 0. The average molecular weight is 213 g/mol. The van der Waals surface area contributed by atoms with Gasteiger partial charge in [-0.25, -0.2) is 0 Å². The van der Waals surface area contributed by atoms with Crippen LogP contribution >= 0.6 is 0 Å². The number of rotatable bonds is 7. The van der Waals surface area contributed by atoms with Crippen LogP contribution in [0.5, 0.6) is 0 Å². The van der Waals surface area contributed by atoms with Gasteiger partial charge in [-0.2, -0.15) is 0 Å². The highest BCUT2D eigenvalue weighted by molar-refractivity contribution is 4.73. The van der Waals surface area contributed by atoms with Gasteiger partial charge in [0.1, 0.15) is 0 Å². The van der Waals surface area contributed by atoms with Gasteiger partial charge in [0.05, 0.1) is 6.10 Å². The van der Waals surface area contributed by atoms with Crippen molar-refractivity contribution in [1.29, 1.82) is 0 Å². The molecule has 0 aromatic carbocycles. The zero-order valence-electron chi connectivity index (χ0n) is 10.4. The lowest BCUT2D eigenvalue weighted by atomic mass is 10.0. The number of nitrogens with two attached hydrogens (primary N) is 1. The van der Waals surface area contributed by atoms with E-state index in [4.69, 9.17) is 10.5 Å². The van der Waals surface area contributed by atoms with Gasteiger partial charge in [0.25, 0.3) is 0 Å². The Bertz CT molecular complexity index is 155. The molecule has 0 aromatic heterocycles. The summed E-state index contributed by atoms with van der Waals surface area (Å²) < 4.78 is 5.96. The molecule has 2 nitrogen and oxygen atoms in total. The molecule has 15 heavy (non-hydrogen) atoms. The molecule has 2 heteroatoms. The van der Waals surface area contributed by atoms with Gasteiger partial charge in [-0.05, 0) is 31.6 Å². The molecule has 0 aromatic rings.